The van der Waals surface area contributed by atoms with Crippen LogP contribution in [0.15, 0.2) is 18.5 Å². The quantitative estimate of drug-likeness (QED) is 0.827. The highest BCUT2D eigenvalue weighted by atomic mass is 32.2. The van der Waals surface area contributed by atoms with Crippen molar-refractivity contribution in [1.29, 1.82) is 0 Å². The Labute approximate surface area is 91.4 Å². The SMILES string of the molecule is CC(N)CCS(=O)Cc1cncc(F)c1. The fourth-order valence-electron chi connectivity index (χ4n) is 1.11. The molecule has 2 unspecified atom stereocenters. The smallest absolute Gasteiger partial charge is 0.141 e. The lowest BCUT2D eigenvalue weighted by Gasteiger charge is -2.04. The van der Waals surface area contributed by atoms with Gasteiger partial charge in [0.1, 0.15) is 5.82 Å². The zero-order chi connectivity index (χ0) is 11.3. The summed E-state index contributed by atoms with van der Waals surface area (Å²) in [6.07, 6.45) is 3.39. The van der Waals surface area contributed by atoms with Crippen molar-refractivity contribution in [3.05, 3.63) is 29.8 Å². The molecular formula is C10H15FN2OS. The van der Waals surface area contributed by atoms with E-state index >= 15 is 0 Å². The Hall–Kier alpha value is -0.810. The minimum Gasteiger partial charge on any atom is -0.328 e. The summed E-state index contributed by atoms with van der Waals surface area (Å²) >= 11 is 0. The molecule has 1 aromatic heterocycles. The van der Waals surface area contributed by atoms with Crippen LogP contribution in [0.3, 0.4) is 0 Å². The Balaban J connectivity index is 2.44. The summed E-state index contributed by atoms with van der Waals surface area (Å²) in [5.74, 6) is 0.503. The van der Waals surface area contributed by atoms with Crippen LogP contribution < -0.4 is 5.73 Å². The Kier molecular flexibility index (Phi) is 4.84. The molecule has 0 aliphatic heterocycles. The lowest BCUT2D eigenvalue weighted by molar-refractivity contribution is 0.619. The molecule has 0 radical (unpaired) electrons. The summed E-state index contributed by atoms with van der Waals surface area (Å²) in [4.78, 5) is 3.70. The first-order valence-corrected chi connectivity index (χ1v) is 6.26. The molecule has 1 rings (SSSR count). The number of nitrogens with two attached hydrogens (primary N) is 1. The molecule has 3 nitrogen and oxygen atoms in total. The van der Waals surface area contributed by atoms with E-state index < -0.39 is 16.6 Å². The van der Waals surface area contributed by atoms with Gasteiger partial charge >= 0.3 is 0 Å². The predicted octanol–water partition coefficient (Wildman–Crippen LogP) is 1.21. The lowest BCUT2D eigenvalue weighted by Crippen LogP contribution is -2.18. The Morgan fingerprint density at radius 1 is 1.60 bits per heavy atom. The fourth-order valence-corrected chi connectivity index (χ4v) is 2.42. The van der Waals surface area contributed by atoms with Crippen molar-refractivity contribution in [2.45, 2.75) is 25.1 Å². The van der Waals surface area contributed by atoms with Crippen molar-refractivity contribution in [2.75, 3.05) is 5.75 Å². The molecule has 0 aliphatic rings. The fraction of sp³-hybridized carbons (Fsp3) is 0.500. The zero-order valence-corrected chi connectivity index (χ0v) is 9.47. The van der Waals surface area contributed by atoms with Gasteiger partial charge in [-0.05, 0) is 25.0 Å². The van der Waals surface area contributed by atoms with Crippen LogP contribution in [-0.2, 0) is 16.6 Å². The van der Waals surface area contributed by atoms with Crippen molar-refractivity contribution in [1.82, 2.24) is 4.98 Å². The van der Waals surface area contributed by atoms with Crippen LogP contribution >= 0.6 is 0 Å². The third-order valence-electron chi connectivity index (χ3n) is 1.89. The third-order valence-corrected chi connectivity index (χ3v) is 3.24. The van der Waals surface area contributed by atoms with E-state index in [-0.39, 0.29) is 6.04 Å². The van der Waals surface area contributed by atoms with Crippen molar-refractivity contribution in [3.63, 3.8) is 0 Å². The molecule has 0 bridgehead atoms. The third kappa shape index (κ3) is 4.99. The predicted molar refractivity (Wildman–Crippen MR) is 59.2 cm³/mol. The summed E-state index contributed by atoms with van der Waals surface area (Å²) in [6, 6.07) is 1.41. The molecule has 0 saturated heterocycles. The second kappa shape index (κ2) is 5.92. The number of rotatable bonds is 5. The zero-order valence-electron chi connectivity index (χ0n) is 8.65. The maximum Gasteiger partial charge on any atom is 0.141 e. The lowest BCUT2D eigenvalue weighted by atomic mass is 10.3. The van der Waals surface area contributed by atoms with Gasteiger partial charge < -0.3 is 5.73 Å². The van der Waals surface area contributed by atoms with Crippen molar-refractivity contribution >= 4 is 10.8 Å². The van der Waals surface area contributed by atoms with Gasteiger partial charge in [-0.1, -0.05) is 0 Å². The second-order valence-electron chi connectivity index (χ2n) is 3.57. The summed E-state index contributed by atoms with van der Waals surface area (Å²) in [6.45, 7) is 1.88. The van der Waals surface area contributed by atoms with Crippen molar-refractivity contribution in [2.24, 2.45) is 5.73 Å². The topological polar surface area (TPSA) is 56.0 Å². The van der Waals surface area contributed by atoms with Gasteiger partial charge in [0.2, 0.25) is 0 Å². The van der Waals surface area contributed by atoms with Crippen LogP contribution in [0.1, 0.15) is 18.9 Å². The molecule has 2 atom stereocenters. The van der Waals surface area contributed by atoms with Crippen LogP contribution in [0.5, 0.6) is 0 Å². The average Bonchev–Trinajstić information content (AvgIpc) is 2.15. The highest BCUT2D eigenvalue weighted by Crippen LogP contribution is 2.05. The average molecular weight is 230 g/mol. The molecule has 1 aromatic rings. The first-order chi connectivity index (χ1) is 7.08. The molecule has 0 aromatic carbocycles. The molecule has 0 fully saturated rings. The first kappa shape index (κ1) is 12.3. The van der Waals surface area contributed by atoms with Crippen LogP contribution in [-0.4, -0.2) is 21.0 Å². The number of aromatic nitrogens is 1. The molecule has 15 heavy (non-hydrogen) atoms. The summed E-state index contributed by atoms with van der Waals surface area (Å²) in [7, 11) is -0.987. The van der Waals surface area contributed by atoms with Gasteiger partial charge in [0.05, 0.1) is 11.9 Å². The molecule has 1 heterocycles. The standard InChI is InChI=1S/C10H15FN2OS/c1-8(12)2-3-15(14)7-9-4-10(11)6-13-5-9/h4-6,8H,2-3,7,12H2,1H3. The second-order valence-corrected chi connectivity index (χ2v) is 5.14. The van der Waals surface area contributed by atoms with Gasteiger partial charge in [0.15, 0.2) is 0 Å². The van der Waals surface area contributed by atoms with E-state index in [1.165, 1.54) is 12.3 Å². The van der Waals surface area contributed by atoms with E-state index in [9.17, 15) is 8.60 Å². The number of hydrogen-bond acceptors (Lipinski definition) is 3. The van der Waals surface area contributed by atoms with Crippen LogP contribution in [0.25, 0.3) is 0 Å². The van der Waals surface area contributed by atoms with E-state index in [4.69, 9.17) is 5.73 Å². The molecule has 0 spiro atoms. The molecule has 5 heteroatoms. The van der Waals surface area contributed by atoms with Gasteiger partial charge in [-0.15, -0.1) is 0 Å². The summed E-state index contributed by atoms with van der Waals surface area (Å²) in [5, 5.41) is 0. The van der Waals surface area contributed by atoms with E-state index in [2.05, 4.69) is 4.98 Å². The van der Waals surface area contributed by atoms with Gasteiger partial charge in [-0.3, -0.25) is 9.19 Å². The van der Waals surface area contributed by atoms with Gasteiger partial charge in [0.25, 0.3) is 0 Å². The summed E-state index contributed by atoms with van der Waals surface area (Å²) in [5.41, 5.74) is 6.22. The van der Waals surface area contributed by atoms with E-state index in [1.54, 1.807) is 0 Å². The van der Waals surface area contributed by atoms with E-state index in [0.717, 1.165) is 12.6 Å². The van der Waals surface area contributed by atoms with E-state index in [0.29, 0.717) is 17.1 Å². The van der Waals surface area contributed by atoms with Gasteiger partial charge in [-0.25, -0.2) is 4.39 Å². The molecule has 0 aliphatic carbocycles. The van der Waals surface area contributed by atoms with Gasteiger partial charge in [-0.2, -0.15) is 0 Å². The molecule has 0 amide bonds. The Morgan fingerprint density at radius 3 is 2.93 bits per heavy atom. The minimum atomic E-state index is -0.987. The number of pyridine rings is 1. The van der Waals surface area contributed by atoms with Crippen molar-refractivity contribution < 1.29 is 8.60 Å². The maximum absolute atomic E-state index is 12.8. The van der Waals surface area contributed by atoms with Crippen LogP contribution in [0.2, 0.25) is 0 Å². The molecule has 2 N–H and O–H groups in total. The van der Waals surface area contributed by atoms with Crippen LogP contribution in [0.4, 0.5) is 4.39 Å². The van der Waals surface area contributed by atoms with Crippen LogP contribution in [0, 0.1) is 5.82 Å². The Bertz CT molecular complexity index is 344. The van der Waals surface area contributed by atoms with E-state index in [1.807, 2.05) is 6.92 Å². The maximum atomic E-state index is 12.8. The molecule has 0 saturated carbocycles. The number of halogens is 1. The van der Waals surface area contributed by atoms with Gasteiger partial charge in [0, 0.05) is 28.8 Å². The molecule has 84 valence electrons. The first-order valence-electron chi connectivity index (χ1n) is 4.78. The number of hydrogen-bond donors (Lipinski definition) is 1. The monoisotopic (exact) mass is 230 g/mol. The normalized spacial score (nSPS) is 14.9. The highest BCUT2D eigenvalue weighted by Gasteiger charge is 2.04. The van der Waals surface area contributed by atoms with Crippen molar-refractivity contribution in [3.8, 4) is 0 Å². The number of nitrogens with zero attached hydrogens (tertiary/aromatic N) is 1. The summed E-state index contributed by atoms with van der Waals surface area (Å²) < 4.78 is 24.3. The largest absolute Gasteiger partial charge is 0.328 e. The highest BCUT2D eigenvalue weighted by molar-refractivity contribution is 7.84. The Morgan fingerprint density at radius 2 is 2.33 bits per heavy atom. The minimum absolute atomic E-state index is 0.0552. The molecular weight excluding hydrogens is 215 g/mol.